The Bertz CT molecular complexity index is 303. The zero-order valence-electron chi connectivity index (χ0n) is 8.46. The van der Waals surface area contributed by atoms with Crippen molar-refractivity contribution >= 4 is 0 Å². The van der Waals surface area contributed by atoms with Crippen molar-refractivity contribution in [3.05, 3.63) is 41.5 Å². The molecule has 1 N–H and O–H groups in total. The molecule has 1 aromatic carbocycles. The summed E-state index contributed by atoms with van der Waals surface area (Å²) >= 11 is 0. The molecule has 1 heteroatoms. The Morgan fingerprint density at radius 1 is 1.31 bits per heavy atom. The van der Waals surface area contributed by atoms with Gasteiger partial charge in [0.2, 0.25) is 0 Å². The fourth-order valence-electron chi connectivity index (χ4n) is 1.39. The van der Waals surface area contributed by atoms with E-state index < -0.39 is 0 Å². The monoisotopic (exact) mass is 176 g/mol. The topological polar surface area (TPSA) is 20.2 Å². The summed E-state index contributed by atoms with van der Waals surface area (Å²) in [5.74, 6) is 0.748. The molecule has 0 amide bonds. The lowest BCUT2D eigenvalue weighted by atomic mass is 9.96. The van der Waals surface area contributed by atoms with Crippen molar-refractivity contribution in [3.63, 3.8) is 0 Å². The molecule has 1 atom stereocenters. The zero-order chi connectivity index (χ0) is 10.0. The van der Waals surface area contributed by atoms with Crippen molar-refractivity contribution in [3.8, 4) is 5.75 Å². The van der Waals surface area contributed by atoms with Gasteiger partial charge in [0.05, 0.1) is 0 Å². The fourth-order valence-corrected chi connectivity index (χ4v) is 1.39. The predicted octanol–water partition coefficient (Wildman–Crippen LogP) is 3.30. The van der Waals surface area contributed by atoms with Crippen molar-refractivity contribution in [2.24, 2.45) is 0 Å². The molecule has 0 aliphatic carbocycles. The number of benzene rings is 1. The van der Waals surface area contributed by atoms with Gasteiger partial charge in [0.15, 0.2) is 0 Å². The van der Waals surface area contributed by atoms with Crippen LogP contribution in [0, 0.1) is 13.8 Å². The molecule has 0 spiro atoms. The highest BCUT2D eigenvalue weighted by Gasteiger charge is 2.06. The van der Waals surface area contributed by atoms with Gasteiger partial charge in [0.25, 0.3) is 0 Å². The number of phenolic OH excluding ortho intramolecular Hbond substituents is 1. The third-order valence-electron chi connectivity index (χ3n) is 2.39. The average molecular weight is 176 g/mol. The molecule has 0 fully saturated rings. The minimum absolute atomic E-state index is 0.345. The van der Waals surface area contributed by atoms with E-state index in [2.05, 4.69) is 13.5 Å². The molecule has 1 aromatic rings. The summed E-state index contributed by atoms with van der Waals surface area (Å²) in [5.41, 5.74) is 3.08. The molecule has 70 valence electrons. The first-order valence-corrected chi connectivity index (χ1v) is 4.49. The highest BCUT2D eigenvalue weighted by atomic mass is 16.3. The second-order valence-corrected chi connectivity index (χ2v) is 3.53. The highest BCUT2D eigenvalue weighted by Crippen LogP contribution is 2.27. The van der Waals surface area contributed by atoms with E-state index in [0.29, 0.717) is 11.7 Å². The lowest BCUT2D eigenvalue weighted by molar-refractivity contribution is 0.466. The number of aromatic hydroxyl groups is 1. The van der Waals surface area contributed by atoms with Crippen molar-refractivity contribution in [2.45, 2.75) is 26.7 Å². The summed E-state index contributed by atoms with van der Waals surface area (Å²) < 4.78 is 0. The van der Waals surface area contributed by atoms with Crippen LogP contribution in [0.3, 0.4) is 0 Å². The van der Waals surface area contributed by atoms with E-state index in [-0.39, 0.29) is 0 Å². The molecule has 0 saturated heterocycles. The molecule has 1 nitrogen and oxygen atoms in total. The predicted molar refractivity (Wildman–Crippen MR) is 56.2 cm³/mol. The summed E-state index contributed by atoms with van der Waals surface area (Å²) in [6.07, 6.45) is 1.91. The lowest BCUT2D eigenvalue weighted by Gasteiger charge is -2.10. The van der Waals surface area contributed by atoms with Crippen LogP contribution in [0.25, 0.3) is 0 Å². The molecule has 0 heterocycles. The van der Waals surface area contributed by atoms with E-state index in [9.17, 15) is 5.11 Å². The first-order chi connectivity index (χ1) is 6.06. The van der Waals surface area contributed by atoms with E-state index >= 15 is 0 Å². The van der Waals surface area contributed by atoms with Crippen LogP contribution >= 0.6 is 0 Å². The van der Waals surface area contributed by atoms with Crippen molar-refractivity contribution in [2.75, 3.05) is 0 Å². The van der Waals surface area contributed by atoms with Crippen LogP contribution < -0.4 is 0 Å². The van der Waals surface area contributed by atoms with Gasteiger partial charge in [-0.3, -0.25) is 0 Å². The molecule has 0 aliphatic heterocycles. The van der Waals surface area contributed by atoms with Crippen LogP contribution in [0.5, 0.6) is 5.75 Å². The summed E-state index contributed by atoms with van der Waals surface area (Å²) in [7, 11) is 0. The molecule has 0 bridgehead atoms. The van der Waals surface area contributed by atoms with Crippen LogP contribution in [0.2, 0.25) is 0 Å². The maximum atomic E-state index is 9.56. The minimum Gasteiger partial charge on any atom is -0.507 e. The Morgan fingerprint density at radius 2 is 1.77 bits per heavy atom. The zero-order valence-corrected chi connectivity index (χ0v) is 8.46. The van der Waals surface area contributed by atoms with Crippen LogP contribution in [-0.4, -0.2) is 5.11 Å². The number of hydrogen-bond donors (Lipinski definition) is 1. The largest absolute Gasteiger partial charge is 0.507 e. The van der Waals surface area contributed by atoms with Crippen LogP contribution in [0.15, 0.2) is 24.8 Å². The molecule has 0 radical (unpaired) electrons. The van der Waals surface area contributed by atoms with Crippen LogP contribution in [-0.2, 0) is 0 Å². The van der Waals surface area contributed by atoms with Gasteiger partial charge in [-0.25, -0.2) is 0 Å². The second-order valence-electron chi connectivity index (χ2n) is 3.53. The SMILES string of the molecule is C=CC(C)c1cc(C)c(O)c(C)c1. The highest BCUT2D eigenvalue weighted by molar-refractivity contribution is 5.43. The van der Waals surface area contributed by atoms with Gasteiger partial charge in [-0.1, -0.05) is 25.1 Å². The Balaban J connectivity index is 3.20. The molecular formula is C12H16O. The van der Waals surface area contributed by atoms with E-state index in [0.717, 1.165) is 11.1 Å². The third-order valence-corrected chi connectivity index (χ3v) is 2.39. The quantitative estimate of drug-likeness (QED) is 0.685. The summed E-state index contributed by atoms with van der Waals surface area (Å²) in [4.78, 5) is 0. The number of hydrogen-bond acceptors (Lipinski definition) is 1. The van der Waals surface area contributed by atoms with Gasteiger partial charge in [-0.15, -0.1) is 6.58 Å². The van der Waals surface area contributed by atoms with Crippen molar-refractivity contribution in [1.29, 1.82) is 0 Å². The maximum absolute atomic E-state index is 9.56. The molecule has 1 unspecified atom stereocenters. The molecule has 0 aliphatic rings. The van der Waals surface area contributed by atoms with Gasteiger partial charge in [0, 0.05) is 0 Å². The first kappa shape index (κ1) is 9.85. The maximum Gasteiger partial charge on any atom is 0.121 e. The van der Waals surface area contributed by atoms with Crippen LogP contribution in [0.4, 0.5) is 0 Å². The number of phenols is 1. The van der Waals surface area contributed by atoms with E-state index in [1.54, 1.807) is 0 Å². The van der Waals surface area contributed by atoms with Gasteiger partial charge in [0.1, 0.15) is 5.75 Å². The normalized spacial score (nSPS) is 12.5. The summed E-state index contributed by atoms with van der Waals surface area (Å²) in [6.45, 7) is 9.69. The van der Waals surface area contributed by atoms with Gasteiger partial charge < -0.3 is 5.11 Å². The smallest absolute Gasteiger partial charge is 0.121 e. The molecule has 1 rings (SSSR count). The van der Waals surface area contributed by atoms with Crippen molar-refractivity contribution in [1.82, 2.24) is 0 Å². The number of allylic oxidation sites excluding steroid dienone is 1. The van der Waals surface area contributed by atoms with Crippen molar-refractivity contribution < 1.29 is 5.11 Å². The lowest BCUT2D eigenvalue weighted by Crippen LogP contribution is -1.91. The van der Waals surface area contributed by atoms with E-state index in [1.807, 2.05) is 32.1 Å². The van der Waals surface area contributed by atoms with E-state index in [4.69, 9.17) is 0 Å². The number of aryl methyl sites for hydroxylation is 2. The fraction of sp³-hybridized carbons (Fsp3) is 0.333. The van der Waals surface area contributed by atoms with Gasteiger partial charge in [-0.2, -0.15) is 0 Å². The molecule has 0 aromatic heterocycles. The summed E-state index contributed by atoms with van der Waals surface area (Å²) in [6, 6.07) is 4.02. The van der Waals surface area contributed by atoms with Crippen LogP contribution in [0.1, 0.15) is 29.5 Å². The van der Waals surface area contributed by atoms with Gasteiger partial charge >= 0.3 is 0 Å². The Kier molecular flexibility index (Phi) is 2.76. The standard InChI is InChI=1S/C12H16O/c1-5-8(2)11-6-9(3)12(13)10(4)7-11/h5-8,13H,1H2,2-4H3. The molecule has 13 heavy (non-hydrogen) atoms. The molecular weight excluding hydrogens is 160 g/mol. The Morgan fingerprint density at radius 3 is 2.15 bits per heavy atom. The van der Waals surface area contributed by atoms with Gasteiger partial charge in [-0.05, 0) is 36.5 Å². The summed E-state index contributed by atoms with van der Waals surface area (Å²) in [5, 5.41) is 9.56. The minimum atomic E-state index is 0.345. The average Bonchev–Trinajstić information content (AvgIpc) is 2.12. The number of rotatable bonds is 2. The Labute approximate surface area is 79.7 Å². The Hall–Kier alpha value is -1.24. The third kappa shape index (κ3) is 1.92. The van der Waals surface area contributed by atoms with E-state index in [1.165, 1.54) is 5.56 Å². The molecule has 0 saturated carbocycles. The second kappa shape index (κ2) is 3.65. The first-order valence-electron chi connectivity index (χ1n) is 4.49.